The summed E-state index contributed by atoms with van der Waals surface area (Å²) in [6.45, 7) is 2.65. The van der Waals surface area contributed by atoms with Crippen molar-refractivity contribution in [3.05, 3.63) is 65.7 Å². The molecule has 1 unspecified atom stereocenters. The van der Waals surface area contributed by atoms with Gasteiger partial charge in [0.05, 0.1) is 5.92 Å². The average molecular weight is 450 g/mol. The largest absolute Gasteiger partial charge is 0.481 e. The van der Waals surface area contributed by atoms with Gasteiger partial charge in [0.1, 0.15) is 0 Å². The number of carbonyl (C=O) groups excluding carboxylic acids is 2. The SMILES string of the molecule is O=C(O)CCCN(C[C@@H]1CNC[C@H]1Cc1ccccc1)C(=O)C1CC(=O)Nc2ccccc21. The Bertz CT molecular complexity index is 994. The number of rotatable bonds is 9. The van der Waals surface area contributed by atoms with Gasteiger partial charge in [0.15, 0.2) is 0 Å². The molecule has 4 rings (SSSR count). The fourth-order valence-corrected chi connectivity index (χ4v) is 5.00. The average Bonchev–Trinajstić information content (AvgIpc) is 3.24. The van der Waals surface area contributed by atoms with Crippen molar-refractivity contribution in [1.82, 2.24) is 10.2 Å². The maximum Gasteiger partial charge on any atom is 0.303 e. The Hall–Kier alpha value is -3.19. The summed E-state index contributed by atoms with van der Waals surface area (Å²) >= 11 is 0. The van der Waals surface area contributed by atoms with E-state index in [1.54, 1.807) is 4.90 Å². The number of hydrogen-bond donors (Lipinski definition) is 3. The van der Waals surface area contributed by atoms with E-state index in [-0.39, 0.29) is 30.6 Å². The quantitative estimate of drug-likeness (QED) is 0.547. The van der Waals surface area contributed by atoms with E-state index in [4.69, 9.17) is 5.11 Å². The number of para-hydroxylation sites is 1. The Labute approximate surface area is 194 Å². The summed E-state index contributed by atoms with van der Waals surface area (Å²) in [5.41, 5.74) is 2.79. The number of carboxylic acid groups (broad SMARTS) is 1. The molecule has 2 aromatic rings. The summed E-state index contributed by atoms with van der Waals surface area (Å²) in [5, 5.41) is 15.4. The molecule has 2 aliphatic rings. The maximum atomic E-state index is 13.7. The Balaban J connectivity index is 1.51. The molecule has 2 aliphatic heterocycles. The number of aliphatic carboxylic acids is 1. The lowest BCUT2D eigenvalue weighted by Crippen LogP contribution is -2.43. The van der Waals surface area contributed by atoms with Gasteiger partial charge in [-0.1, -0.05) is 48.5 Å². The number of fused-ring (bicyclic) bond motifs is 1. The summed E-state index contributed by atoms with van der Waals surface area (Å²) in [4.78, 5) is 38.9. The zero-order valence-electron chi connectivity index (χ0n) is 18.7. The van der Waals surface area contributed by atoms with Crippen molar-refractivity contribution < 1.29 is 19.5 Å². The van der Waals surface area contributed by atoms with Gasteiger partial charge in [-0.3, -0.25) is 14.4 Å². The molecule has 0 aliphatic carbocycles. The van der Waals surface area contributed by atoms with Gasteiger partial charge < -0.3 is 20.6 Å². The predicted octanol–water partition coefficient (Wildman–Crippen LogP) is 2.88. The van der Waals surface area contributed by atoms with Gasteiger partial charge in [-0.2, -0.15) is 0 Å². The van der Waals surface area contributed by atoms with Crippen molar-refractivity contribution in [3.63, 3.8) is 0 Å². The van der Waals surface area contributed by atoms with Crippen LogP contribution in [0.5, 0.6) is 0 Å². The van der Waals surface area contributed by atoms with Crippen LogP contribution in [-0.2, 0) is 20.8 Å². The zero-order chi connectivity index (χ0) is 23.2. The lowest BCUT2D eigenvalue weighted by Gasteiger charge is -2.33. The number of benzene rings is 2. The first-order valence-electron chi connectivity index (χ1n) is 11.6. The van der Waals surface area contributed by atoms with Crippen LogP contribution in [0.25, 0.3) is 0 Å². The van der Waals surface area contributed by atoms with Crippen LogP contribution in [0.2, 0.25) is 0 Å². The van der Waals surface area contributed by atoms with E-state index in [2.05, 4.69) is 22.8 Å². The summed E-state index contributed by atoms with van der Waals surface area (Å²) in [7, 11) is 0. The Morgan fingerprint density at radius 1 is 1.00 bits per heavy atom. The van der Waals surface area contributed by atoms with Gasteiger partial charge >= 0.3 is 5.97 Å². The lowest BCUT2D eigenvalue weighted by molar-refractivity contribution is -0.139. The third-order valence-electron chi connectivity index (χ3n) is 6.70. The smallest absolute Gasteiger partial charge is 0.303 e. The molecule has 0 bridgehead atoms. The standard InChI is InChI=1S/C26H31N3O4/c30-24-14-22(21-9-4-5-10-23(21)28-24)26(33)29(12-6-11-25(31)32)17-20-16-27-15-19(20)13-18-7-2-1-3-8-18/h1-5,7-10,19-20,22,27H,6,11-17H2,(H,28,30)(H,31,32)/t19-,20+,22?/m1/s1. The van der Waals surface area contributed by atoms with E-state index in [9.17, 15) is 14.4 Å². The second kappa shape index (κ2) is 10.6. The molecule has 0 radical (unpaired) electrons. The molecule has 7 heteroatoms. The van der Waals surface area contributed by atoms with Crippen molar-refractivity contribution in [2.45, 2.75) is 31.6 Å². The van der Waals surface area contributed by atoms with Crippen LogP contribution in [-0.4, -0.2) is 54.0 Å². The molecule has 1 fully saturated rings. The monoisotopic (exact) mass is 449 g/mol. The zero-order valence-corrected chi connectivity index (χ0v) is 18.7. The number of carboxylic acids is 1. The van der Waals surface area contributed by atoms with Gasteiger partial charge in [-0.25, -0.2) is 0 Å². The van der Waals surface area contributed by atoms with Crippen LogP contribution < -0.4 is 10.6 Å². The molecule has 1 saturated heterocycles. The van der Waals surface area contributed by atoms with E-state index < -0.39 is 11.9 Å². The Morgan fingerprint density at radius 2 is 1.73 bits per heavy atom. The molecule has 33 heavy (non-hydrogen) atoms. The highest BCUT2D eigenvalue weighted by Crippen LogP contribution is 2.34. The first kappa shape index (κ1) is 23.0. The second-order valence-corrected chi connectivity index (χ2v) is 9.04. The molecule has 2 heterocycles. The number of nitrogens with one attached hydrogen (secondary N) is 2. The van der Waals surface area contributed by atoms with Crippen LogP contribution in [0.3, 0.4) is 0 Å². The number of hydrogen-bond acceptors (Lipinski definition) is 4. The first-order chi connectivity index (χ1) is 16.0. The summed E-state index contributed by atoms with van der Waals surface area (Å²) in [6, 6.07) is 17.8. The third kappa shape index (κ3) is 5.79. The number of amides is 2. The maximum absolute atomic E-state index is 13.7. The number of anilines is 1. The van der Waals surface area contributed by atoms with Crippen molar-refractivity contribution in [3.8, 4) is 0 Å². The molecule has 0 saturated carbocycles. The van der Waals surface area contributed by atoms with Crippen LogP contribution >= 0.6 is 0 Å². The van der Waals surface area contributed by atoms with E-state index >= 15 is 0 Å². The highest BCUT2D eigenvalue weighted by atomic mass is 16.4. The first-order valence-corrected chi connectivity index (χ1v) is 11.6. The van der Waals surface area contributed by atoms with Crippen molar-refractivity contribution in [2.24, 2.45) is 11.8 Å². The molecule has 7 nitrogen and oxygen atoms in total. The summed E-state index contributed by atoms with van der Waals surface area (Å²) < 4.78 is 0. The fourth-order valence-electron chi connectivity index (χ4n) is 5.00. The topological polar surface area (TPSA) is 98.7 Å². The molecule has 0 spiro atoms. The van der Waals surface area contributed by atoms with E-state index in [0.29, 0.717) is 31.1 Å². The minimum Gasteiger partial charge on any atom is -0.481 e. The number of nitrogens with zero attached hydrogens (tertiary/aromatic N) is 1. The van der Waals surface area contributed by atoms with Gasteiger partial charge in [0, 0.05) is 31.6 Å². The molecule has 0 aromatic heterocycles. The van der Waals surface area contributed by atoms with E-state index in [1.807, 2.05) is 42.5 Å². The number of carbonyl (C=O) groups is 3. The minimum atomic E-state index is -0.866. The lowest BCUT2D eigenvalue weighted by atomic mass is 9.87. The minimum absolute atomic E-state index is 0.0158. The molecular weight excluding hydrogens is 418 g/mol. The predicted molar refractivity (Wildman–Crippen MR) is 126 cm³/mol. The van der Waals surface area contributed by atoms with Crippen molar-refractivity contribution in [2.75, 3.05) is 31.5 Å². The third-order valence-corrected chi connectivity index (χ3v) is 6.70. The van der Waals surface area contributed by atoms with E-state index in [0.717, 1.165) is 25.1 Å². The summed E-state index contributed by atoms with van der Waals surface area (Å²) in [6.07, 6.45) is 1.46. The molecule has 2 amide bonds. The normalized spacial score (nSPS) is 21.8. The van der Waals surface area contributed by atoms with Gasteiger partial charge in [-0.15, -0.1) is 0 Å². The second-order valence-electron chi connectivity index (χ2n) is 9.04. The van der Waals surface area contributed by atoms with E-state index in [1.165, 1.54) is 5.56 Å². The Kier molecular flexibility index (Phi) is 7.40. The van der Waals surface area contributed by atoms with Crippen molar-refractivity contribution in [1.29, 1.82) is 0 Å². The van der Waals surface area contributed by atoms with Crippen LogP contribution in [0.4, 0.5) is 5.69 Å². The van der Waals surface area contributed by atoms with Gasteiger partial charge in [0.2, 0.25) is 11.8 Å². The van der Waals surface area contributed by atoms with Gasteiger partial charge in [-0.05, 0) is 55.0 Å². The molecule has 3 atom stereocenters. The highest BCUT2D eigenvalue weighted by molar-refractivity contribution is 6.01. The van der Waals surface area contributed by atoms with Crippen LogP contribution in [0.15, 0.2) is 54.6 Å². The fraction of sp³-hybridized carbons (Fsp3) is 0.423. The highest BCUT2D eigenvalue weighted by Gasteiger charge is 2.36. The molecule has 3 N–H and O–H groups in total. The molecule has 174 valence electrons. The van der Waals surface area contributed by atoms with Gasteiger partial charge in [0.25, 0.3) is 0 Å². The van der Waals surface area contributed by atoms with Crippen LogP contribution in [0, 0.1) is 11.8 Å². The molecular formula is C26H31N3O4. The van der Waals surface area contributed by atoms with Crippen LogP contribution in [0.1, 0.15) is 36.3 Å². The summed E-state index contributed by atoms with van der Waals surface area (Å²) in [5.74, 6) is -0.998. The van der Waals surface area contributed by atoms with Crippen molar-refractivity contribution >= 4 is 23.5 Å². The molecule has 2 aromatic carbocycles. The Morgan fingerprint density at radius 3 is 2.52 bits per heavy atom.